The zero-order valence-electron chi connectivity index (χ0n) is 11.6. The maximum atomic E-state index is 12.1. The number of benzene rings is 1. The lowest BCUT2D eigenvalue weighted by Crippen LogP contribution is -2.49. The molecule has 1 fully saturated rings. The summed E-state index contributed by atoms with van der Waals surface area (Å²) in [7, 11) is 1.62. The lowest BCUT2D eigenvalue weighted by atomic mass is 10.3. The number of likely N-dealkylation sites (N-methyl/N-ethyl adjacent to an activating group) is 1. The van der Waals surface area contributed by atoms with Crippen LogP contribution in [0.1, 0.15) is 6.92 Å². The first-order chi connectivity index (χ1) is 9.22. The summed E-state index contributed by atoms with van der Waals surface area (Å²) in [5.41, 5.74) is 0.766. The molecule has 0 atom stereocenters. The van der Waals surface area contributed by atoms with Crippen LogP contribution in [0.3, 0.4) is 0 Å². The van der Waals surface area contributed by atoms with Crippen LogP contribution < -0.4 is 10.1 Å². The minimum atomic E-state index is -0.0380. The molecule has 1 aliphatic rings. The molecule has 1 N–H and O–H groups in total. The molecule has 1 saturated heterocycles. The molecule has 2 rings (SSSR count). The normalized spacial score (nSPS) is 16.2. The summed E-state index contributed by atoms with van der Waals surface area (Å²) in [5.74, 6) is 0.744. The van der Waals surface area contributed by atoms with Gasteiger partial charge < -0.3 is 19.9 Å². The Kier molecular flexibility index (Phi) is 4.63. The van der Waals surface area contributed by atoms with Gasteiger partial charge in [0.05, 0.1) is 7.11 Å². The van der Waals surface area contributed by atoms with Gasteiger partial charge in [-0.15, -0.1) is 0 Å². The Balaban J connectivity index is 1.90. The summed E-state index contributed by atoms with van der Waals surface area (Å²) in [6.07, 6.45) is 0. The molecule has 0 radical (unpaired) electrons. The molecule has 19 heavy (non-hydrogen) atoms. The third-order valence-electron chi connectivity index (χ3n) is 3.43. The van der Waals surface area contributed by atoms with Gasteiger partial charge >= 0.3 is 6.03 Å². The number of methoxy groups -OCH3 is 1. The highest BCUT2D eigenvalue weighted by molar-refractivity contribution is 5.89. The number of carbonyl (C=O) groups is 1. The molecule has 1 aromatic rings. The van der Waals surface area contributed by atoms with Gasteiger partial charge in [0, 0.05) is 37.9 Å². The van der Waals surface area contributed by atoms with E-state index < -0.39 is 0 Å². The van der Waals surface area contributed by atoms with Crippen LogP contribution in [0.15, 0.2) is 24.3 Å². The molecular formula is C14H21N3O2. The highest BCUT2D eigenvalue weighted by Gasteiger charge is 2.19. The van der Waals surface area contributed by atoms with Crippen LogP contribution in [0.5, 0.6) is 5.75 Å². The predicted molar refractivity (Wildman–Crippen MR) is 75.7 cm³/mol. The smallest absolute Gasteiger partial charge is 0.321 e. The maximum absolute atomic E-state index is 12.1. The Bertz CT molecular complexity index is 428. The first-order valence-corrected chi connectivity index (χ1v) is 6.65. The highest BCUT2D eigenvalue weighted by Crippen LogP contribution is 2.17. The predicted octanol–water partition coefficient (Wildman–Crippen LogP) is 1.86. The Morgan fingerprint density at radius 3 is 2.68 bits per heavy atom. The van der Waals surface area contributed by atoms with Gasteiger partial charge in [0.2, 0.25) is 0 Å². The van der Waals surface area contributed by atoms with E-state index in [-0.39, 0.29) is 6.03 Å². The van der Waals surface area contributed by atoms with Gasteiger partial charge in [-0.05, 0) is 18.7 Å². The number of urea groups is 1. The molecule has 0 aromatic heterocycles. The number of hydrogen-bond donors (Lipinski definition) is 1. The molecule has 0 unspecified atom stereocenters. The van der Waals surface area contributed by atoms with Crippen molar-refractivity contribution in [3.05, 3.63) is 24.3 Å². The molecule has 0 aliphatic carbocycles. The average molecular weight is 263 g/mol. The number of nitrogens with zero attached hydrogens (tertiary/aromatic N) is 2. The van der Waals surface area contributed by atoms with Gasteiger partial charge in [0.25, 0.3) is 0 Å². The highest BCUT2D eigenvalue weighted by atomic mass is 16.5. The number of amides is 2. The second-order valence-corrected chi connectivity index (χ2v) is 4.58. The van der Waals surface area contributed by atoms with Crippen molar-refractivity contribution in [1.29, 1.82) is 0 Å². The summed E-state index contributed by atoms with van der Waals surface area (Å²) in [5, 5.41) is 2.91. The molecular weight excluding hydrogens is 242 g/mol. The van der Waals surface area contributed by atoms with Crippen LogP contribution in [0.2, 0.25) is 0 Å². The number of ether oxygens (including phenoxy) is 1. The molecule has 104 valence electrons. The number of nitrogens with one attached hydrogen (secondary N) is 1. The van der Waals surface area contributed by atoms with Gasteiger partial charge in [-0.3, -0.25) is 0 Å². The molecule has 5 nitrogen and oxygen atoms in total. The zero-order chi connectivity index (χ0) is 13.7. The minimum Gasteiger partial charge on any atom is -0.497 e. The van der Waals surface area contributed by atoms with Crippen molar-refractivity contribution < 1.29 is 9.53 Å². The fourth-order valence-electron chi connectivity index (χ4n) is 2.17. The van der Waals surface area contributed by atoms with Gasteiger partial charge in [-0.1, -0.05) is 13.0 Å². The zero-order valence-corrected chi connectivity index (χ0v) is 11.6. The van der Waals surface area contributed by atoms with E-state index >= 15 is 0 Å². The summed E-state index contributed by atoms with van der Waals surface area (Å²) < 4.78 is 5.14. The number of hydrogen-bond acceptors (Lipinski definition) is 3. The van der Waals surface area contributed by atoms with Gasteiger partial charge in [-0.2, -0.15) is 0 Å². The fourth-order valence-corrected chi connectivity index (χ4v) is 2.17. The second kappa shape index (κ2) is 6.43. The summed E-state index contributed by atoms with van der Waals surface area (Å²) >= 11 is 0. The first-order valence-electron chi connectivity index (χ1n) is 6.65. The largest absolute Gasteiger partial charge is 0.497 e. The Morgan fingerprint density at radius 2 is 2.05 bits per heavy atom. The van der Waals surface area contributed by atoms with E-state index in [0.29, 0.717) is 0 Å². The molecule has 5 heteroatoms. The fraction of sp³-hybridized carbons (Fsp3) is 0.500. The van der Waals surface area contributed by atoms with Crippen molar-refractivity contribution in [3.63, 3.8) is 0 Å². The number of anilines is 1. The van der Waals surface area contributed by atoms with Crippen molar-refractivity contribution in [1.82, 2.24) is 9.80 Å². The van der Waals surface area contributed by atoms with Crippen LogP contribution in [0, 0.1) is 0 Å². The van der Waals surface area contributed by atoms with E-state index in [1.54, 1.807) is 7.11 Å². The standard InChI is InChI=1S/C14H21N3O2/c1-3-16-7-9-17(10-8-16)14(18)15-12-5-4-6-13(11-12)19-2/h4-6,11H,3,7-10H2,1-2H3,(H,15,18). The monoisotopic (exact) mass is 263 g/mol. The Hall–Kier alpha value is -1.75. The number of rotatable bonds is 3. The number of carbonyl (C=O) groups excluding carboxylic acids is 1. The van der Waals surface area contributed by atoms with Gasteiger partial charge in [0.1, 0.15) is 5.75 Å². The first kappa shape index (κ1) is 13.7. The van der Waals surface area contributed by atoms with Crippen molar-refractivity contribution >= 4 is 11.7 Å². The van der Waals surface area contributed by atoms with Gasteiger partial charge in [-0.25, -0.2) is 4.79 Å². The summed E-state index contributed by atoms with van der Waals surface area (Å²) in [6.45, 7) is 6.65. The molecule has 0 bridgehead atoms. The molecule has 1 aromatic carbocycles. The van der Waals surface area contributed by atoms with E-state index in [4.69, 9.17) is 4.74 Å². The average Bonchev–Trinajstić information content (AvgIpc) is 2.47. The molecule has 0 spiro atoms. The van der Waals surface area contributed by atoms with E-state index in [9.17, 15) is 4.79 Å². The van der Waals surface area contributed by atoms with Crippen LogP contribution in [-0.4, -0.2) is 55.7 Å². The third-order valence-corrected chi connectivity index (χ3v) is 3.43. The number of piperazine rings is 1. The van der Waals surface area contributed by atoms with E-state index in [0.717, 1.165) is 44.2 Å². The maximum Gasteiger partial charge on any atom is 0.321 e. The van der Waals surface area contributed by atoms with Crippen LogP contribution in [0.25, 0.3) is 0 Å². The third kappa shape index (κ3) is 3.61. The SMILES string of the molecule is CCN1CCN(C(=O)Nc2cccc(OC)c2)CC1. The second-order valence-electron chi connectivity index (χ2n) is 4.58. The summed E-state index contributed by atoms with van der Waals surface area (Å²) in [6, 6.07) is 7.37. The van der Waals surface area contributed by atoms with Crippen LogP contribution >= 0.6 is 0 Å². The lowest BCUT2D eigenvalue weighted by molar-refractivity contribution is 0.151. The van der Waals surface area contributed by atoms with Crippen molar-refractivity contribution in [2.75, 3.05) is 45.2 Å². The van der Waals surface area contributed by atoms with Crippen LogP contribution in [-0.2, 0) is 0 Å². The van der Waals surface area contributed by atoms with Crippen LogP contribution in [0.4, 0.5) is 10.5 Å². The van der Waals surface area contributed by atoms with E-state index in [1.165, 1.54) is 0 Å². The minimum absolute atomic E-state index is 0.0380. The van der Waals surface area contributed by atoms with Crippen molar-refractivity contribution in [2.45, 2.75) is 6.92 Å². The topological polar surface area (TPSA) is 44.8 Å². The van der Waals surface area contributed by atoms with Crippen molar-refractivity contribution in [3.8, 4) is 5.75 Å². The molecule has 1 aliphatic heterocycles. The molecule has 0 saturated carbocycles. The molecule has 1 heterocycles. The van der Waals surface area contributed by atoms with Gasteiger partial charge in [0.15, 0.2) is 0 Å². The van der Waals surface area contributed by atoms with E-state index in [2.05, 4.69) is 17.1 Å². The Morgan fingerprint density at radius 1 is 1.32 bits per heavy atom. The van der Waals surface area contributed by atoms with Crippen molar-refractivity contribution in [2.24, 2.45) is 0 Å². The van der Waals surface area contributed by atoms with E-state index in [1.807, 2.05) is 29.2 Å². The summed E-state index contributed by atoms with van der Waals surface area (Å²) in [4.78, 5) is 16.3. The molecule has 2 amide bonds. The lowest BCUT2D eigenvalue weighted by Gasteiger charge is -2.33. The quantitative estimate of drug-likeness (QED) is 0.905. The Labute approximate surface area is 114 Å².